The molecule has 3 rings (SSSR count). The van der Waals surface area contributed by atoms with Gasteiger partial charge in [0, 0.05) is 39.3 Å². The van der Waals surface area contributed by atoms with Crippen LogP contribution < -0.4 is 10.2 Å². The van der Waals surface area contributed by atoms with Gasteiger partial charge in [-0.2, -0.15) is 0 Å². The Morgan fingerprint density at radius 3 is 2.63 bits per heavy atom. The maximum atomic E-state index is 13.0. The number of hydrogen-bond donors (Lipinski definition) is 1. The standard InChI is InChI=1S/C20H30N4O2.ClH/c1-3-8-16-13-24(14-18(16)22-15(2)25)19-17(9-7-10-21-19)20(26)23-11-5-4-6-12-23;/h7,9-10,16,18H,3-6,8,11-14H2,1-2H3,(H,22,25);1H/t16-,18-;/m0./s1. The molecule has 2 fully saturated rings. The smallest absolute Gasteiger partial charge is 0.257 e. The topological polar surface area (TPSA) is 65.5 Å². The van der Waals surface area contributed by atoms with E-state index in [1.165, 1.54) is 6.42 Å². The summed E-state index contributed by atoms with van der Waals surface area (Å²) in [5.74, 6) is 1.24. The largest absolute Gasteiger partial charge is 0.354 e. The number of rotatable bonds is 5. The van der Waals surface area contributed by atoms with Gasteiger partial charge in [-0.05, 0) is 43.7 Å². The molecule has 1 aromatic rings. The van der Waals surface area contributed by atoms with Gasteiger partial charge in [-0.3, -0.25) is 9.59 Å². The molecule has 2 aliphatic heterocycles. The monoisotopic (exact) mass is 394 g/mol. The second-order valence-corrected chi connectivity index (χ2v) is 7.49. The summed E-state index contributed by atoms with van der Waals surface area (Å²) >= 11 is 0. The fourth-order valence-electron chi connectivity index (χ4n) is 4.22. The van der Waals surface area contributed by atoms with Crippen molar-refractivity contribution in [3.05, 3.63) is 23.9 Å². The van der Waals surface area contributed by atoms with E-state index < -0.39 is 0 Å². The summed E-state index contributed by atoms with van der Waals surface area (Å²) in [6.07, 6.45) is 7.25. The highest BCUT2D eigenvalue weighted by atomic mass is 35.5. The van der Waals surface area contributed by atoms with E-state index in [1.807, 2.05) is 17.0 Å². The SMILES string of the molecule is CCC[C@H]1CN(c2ncccc2C(=O)N2CCCCC2)C[C@@H]1NC(C)=O.Cl. The highest BCUT2D eigenvalue weighted by Crippen LogP contribution is 2.29. The molecule has 0 spiro atoms. The summed E-state index contributed by atoms with van der Waals surface area (Å²) < 4.78 is 0. The summed E-state index contributed by atoms with van der Waals surface area (Å²) in [5, 5.41) is 3.08. The zero-order valence-electron chi connectivity index (χ0n) is 16.3. The molecule has 2 saturated heterocycles. The zero-order chi connectivity index (χ0) is 18.5. The first-order chi connectivity index (χ1) is 12.6. The molecule has 150 valence electrons. The van der Waals surface area contributed by atoms with Gasteiger partial charge < -0.3 is 15.1 Å². The number of halogens is 1. The molecule has 6 nitrogen and oxygen atoms in total. The third kappa shape index (κ3) is 5.12. The first-order valence-electron chi connectivity index (χ1n) is 9.86. The number of carbonyl (C=O) groups excluding carboxylic acids is 2. The Labute approximate surface area is 168 Å². The molecule has 27 heavy (non-hydrogen) atoms. The van der Waals surface area contributed by atoms with Crippen LogP contribution in [0.25, 0.3) is 0 Å². The fourth-order valence-corrected chi connectivity index (χ4v) is 4.22. The summed E-state index contributed by atoms with van der Waals surface area (Å²) in [5.41, 5.74) is 0.688. The van der Waals surface area contributed by atoms with Crippen molar-refractivity contribution < 1.29 is 9.59 Å². The molecule has 2 aliphatic rings. The second kappa shape index (κ2) is 9.93. The minimum Gasteiger partial charge on any atom is -0.354 e. The van der Waals surface area contributed by atoms with Crippen LogP contribution in [0.2, 0.25) is 0 Å². The molecule has 0 aromatic carbocycles. The molecule has 1 aromatic heterocycles. The van der Waals surface area contributed by atoms with Gasteiger partial charge >= 0.3 is 0 Å². The minimum atomic E-state index is 0. The molecule has 2 amide bonds. The maximum absolute atomic E-state index is 13.0. The molecule has 0 unspecified atom stereocenters. The van der Waals surface area contributed by atoms with Crippen molar-refractivity contribution in [2.24, 2.45) is 5.92 Å². The van der Waals surface area contributed by atoms with Crippen molar-refractivity contribution in [2.75, 3.05) is 31.1 Å². The number of nitrogens with zero attached hydrogens (tertiary/aromatic N) is 3. The van der Waals surface area contributed by atoms with Crippen LogP contribution in [0.4, 0.5) is 5.82 Å². The molecule has 0 radical (unpaired) electrons. The Morgan fingerprint density at radius 1 is 1.22 bits per heavy atom. The number of aromatic nitrogens is 1. The van der Waals surface area contributed by atoms with Crippen molar-refractivity contribution in [2.45, 2.75) is 52.0 Å². The van der Waals surface area contributed by atoms with Crippen molar-refractivity contribution in [1.29, 1.82) is 0 Å². The maximum Gasteiger partial charge on any atom is 0.257 e. The number of hydrogen-bond acceptors (Lipinski definition) is 4. The Bertz CT molecular complexity index is 649. The van der Waals surface area contributed by atoms with Crippen LogP contribution in [0.3, 0.4) is 0 Å². The number of carbonyl (C=O) groups is 2. The van der Waals surface area contributed by atoms with Crippen LogP contribution in [0, 0.1) is 5.92 Å². The number of amides is 2. The van der Waals surface area contributed by atoms with Gasteiger partial charge in [0.2, 0.25) is 5.91 Å². The number of nitrogens with one attached hydrogen (secondary N) is 1. The third-order valence-electron chi connectivity index (χ3n) is 5.45. The molecule has 0 bridgehead atoms. The Hall–Kier alpha value is -1.82. The highest BCUT2D eigenvalue weighted by molar-refractivity contribution is 5.99. The van der Waals surface area contributed by atoms with Crippen LogP contribution in [0.5, 0.6) is 0 Å². The molecule has 7 heteroatoms. The van der Waals surface area contributed by atoms with Crippen molar-refractivity contribution in [3.63, 3.8) is 0 Å². The van der Waals surface area contributed by atoms with E-state index in [4.69, 9.17) is 0 Å². The predicted octanol–water partition coefficient (Wildman–Crippen LogP) is 2.87. The number of likely N-dealkylation sites (tertiary alicyclic amines) is 1. The van der Waals surface area contributed by atoms with Crippen molar-refractivity contribution in [3.8, 4) is 0 Å². The lowest BCUT2D eigenvalue weighted by molar-refractivity contribution is -0.119. The lowest BCUT2D eigenvalue weighted by Crippen LogP contribution is -2.39. The number of piperidine rings is 1. The van der Waals surface area contributed by atoms with Crippen LogP contribution in [-0.2, 0) is 4.79 Å². The molecule has 0 saturated carbocycles. The summed E-state index contributed by atoms with van der Waals surface area (Å²) in [7, 11) is 0. The average Bonchev–Trinajstić information content (AvgIpc) is 3.04. The summed E-state index contributed by atoms with van der Waals surface area (Å²) in [6.45, 7) is 6.94. The predicted molar refractivity (Wildman–Crippen MR) is 109 cm³/mol. The number of anilines is 1. The molecule has 2 atom stereocenters. The van der Waals surface area contributed by atoms with E-state index in [9.17, 15) is 9.59 Å². The Morgan fingerprint density at radius 2 is 1.96 bits per heavy atom. The first kappa shape index (κ1) is 21.5. The van der Waals surface area contributed by atoms with E-state index >= 15 is 0 Å². The van der Waals surface area contributed by atoms with Crippen molar-refractivity contribution >= 4 is 30.0 Å². The van der Waals surface area contributed by atoms with Gasteiger partial charge in [0.1, 0.15) is 5.82 Å². The first-order valence-corrected chi connectivity index (χ1v) is 9.86. The van der Waals surface area contributed by atoms with E-state index in [1.54, 1.807) is 13.1 Å². The molecular formula is C20H31ClN4O2. The van der Waals surface area contributed by atoms with Gasteiger partial charge in [0.15, 0.2) is 0 Å². The Balaban J connectivity index is 0.00000261. The summed E-state index contributed by atoms with van der Waals surface area (Å²) in [4.78, 5) is 33.3. The third-order valence-corrected chi connectivity index (χ3v) is 5.45. The lowest BCUT2D eigenvalue weighted by atomic mass is 9.98. The summed E-state index contributed by atoms with van der Waals surface area (Å²) in [6, 6.07) is 3.85. The fraction of sp³-hybridized carbons (Fsp3) is 0.650. The molecular weight excluding hydrogens is 364 g/mol. The molecule has 3 heterocycles. The van der Waals surface area contributed by atoms with E-state index in [2.05, 4.69) is 22.1 Å². The molecule has 1 N–H and O–H groups in total. The van der Waals surface area contributed by atoms with Gasteiger partial charge in [-0.15, -0.1) is 12.4 Å². The normalized spacial score (nSPS) is 22.3. The van der Waals surface area contributed by atoms with Gasteiger partial charge in [-0.1, -0.05) is 13.3 Å². The van der Waals surface area contributed by atoms with Gasteiger partial charge in [0.05, 0.1) is 11.6 Å². The zero-order valence-corrected chi connectivity index (χ0v) is 17.1. The quantitative estimate of drug-likeness (QED) is 0.833. The minimum absolute atomic E-state index is 0. The highest BCUT2D eigenvalue weighted by Gasteiger charge is 2.35. The van der Waals surface area contributed by atoms with Crippen LogP contribution in [-0.4, -0.2) is 53.9 Å². The van der Waals surface area contributed by atoms with Crippen LogP contribution in [0.15, 0.2) is 18.3 Å². The van der Waals surface area contributed by atoms with Gasteiger partial charge in [0.25, 0.3) is 5.91 Å². The molecule has 0 aliphatic carbocycles. The van der Waals surface area contributed by atoms with E-state index in [0.717, 1.165) is 51.1 Å². The second-order valence-electron chi connectivity index (χ2n) is 7.49. The average molecular weight is 395 g/mol. The number of pyridine rings is 1. The van der Waals surface area contributed by atoms with Crippen LogP contribution >= 0.6 is 12.4 Å². The van der Waals surface area contributed by atoms with E-state index in [0.29, 0.717) is 18.0 Å². The van der Waals surface area contributed by atoms with E-state index in [-0.39, 0.29) is 30.3 Å². The lowest BCUT2D eigenvalue weighted by Gasteiger charge is -2.28. The Kier molecular flexibility index (Phi) is 7.90. The van der Waals surface area contributed by atoms with Gasteiger partial charge in [-0.25, -0.2) is 4.98 Å². The van der Waals surface area contributed by atoms with Crippen molar-refractivity contribution in [1.82, 2.24) is 15.2 Å². The van der Waals surface area contributed by atoms with Crippen LogP contribution in [0.1, 0.15) is 56.3 Å².